The summed E-state index contributed by atoms with van der Waals surface area (Å²) in [7, 11) is 0. The van der Waals surface area contributed by atoms with Gasteiger partial charge in [-0.3, -0.25) is 0 Å². The maximum Gasteiger partial charge on any atom is 0.260 e. The van der Waals surface area contributed by atoms with Crippen molar-refractivity contribution in [2.45, 2.75) is 31.7 Å². The van der Waals surface area contributed by atoms with Gasteiger partial charge in [0.25, 0.3) is 5.92 Å². The third-order valence-electron chi connectivity index (χ3n) is 2.97. The van der Waals surface area contributed by atoms with Gasteiger partial charge < -0.3 is 5.32 Å². The largest absolute Gasteiger partial charge is 0.304 e. The first-order valence-electron chi connectivity index (χ1n) is 5.25. The van der Waals surface area contributed by atoms with Crippen LogP contribution in [0.3, 0.4) is 0 Å². The van der Waals surface area contributed by atoms with Crippen molar-refractivity contribution >= 4 is 0 Å². The summed E-state index contributed by atoms with van der Waals surface area (Å²) < 4.78 is 25.9. The molecular formula is C12H15F2N. The number of halogens is 2. The molecule has 0 amide bonds. The summed E-state index contributed by atoms with van der Waals surface area (Å²) in [4.78, 5) is 0. The molecule has 1 N–H and O–H groups in total. The number of hydrogen-bond donors (Lipinski definition) is 1. The van der Waals surface area contributed by atoms with Crippen LogP contribution in [0, 0.1) is 6.92 Å². The summed E-state index contributed by atoms with van der Waals surface area (Å²) in [6, 6.07) is 8.04. The topological polar surface area (TPSA) is 12.0 Å². The van der Waals surface area contributed by atoms with Gasteiger partial charge in [-0.15, -0.1) is 0 Å². The number of hydrogen-bond acceptors (Lipinski definition) is 1. The van der Waals surface area contributed by atoms with Crippen molar-refractivity contribution in [3.8, 4) is 0 Å². The third kappa shape index (κ3) is 2.34. The highest BCUT2D eigenvalue weighted by molar-refractivity contribution is 5.29. The highest BCUT2D eigenvalue weighted by Crippen LogP contribution is 2.32. The van der Waals surface area contributed by atoms with E-state index in [-0.39, 0.29) is 19.0 Å². The molecule has 0 spiro atoms. The first-order chi connectivity index (χ1) is 7.08. The number of alkyl halides is 2. The number of aryl methyl sites for hydroxylation is 1. The van der Waals surface area contributed by atoms with Gasteiger partial charge >= 0.3 is 0 Å². The van der Waals surface area contributed by atoms with E-state index in [0.717, 1.165) is 5.56 Å². The Bertz CT molecular complexity index is 339. The van der Waals surface area contributed by atoms with Gasteiger partial charge in [0.05, 0.1) is 6.54 Å². The summed E-state index contributed by atoms with van der Waals surface area (Å²) in [5.74, 6) is -2.53. The number of rotatable bonds is 1. The second-order valence-corrected chi connectivity index (χ2v) is 4.18. The van der Waals surface area contributed by atoms with Crippen LogP contribution < -0.4 is 5.32 Å². The van der Waals surface area contributed by atoms with Crippen LogP contribution in [0.1, 0.15) is 30.0 Å². The molecule has 82 valence electrons. The summed E-state index contributed by atoms with van der Waals surface area (Å²) in [5, 5.41) is 2.92. The van der Waals surface area contributed by atoms with Crippen molar-refractivity contribution in [2.24, 2.45) is 0 Å². The molecule has 0 saturated carbocycles. The fourth-order valence-corrected chi connectivity index (χ4v) is 2.06. The average molecular weight is 211 g/mol. The fourth-order valence-electron chi connectivity index (χ4n) is 2.06. The molecule has 0 bridgehead atoms. The molecular weight excluding hydrogens is 196 g/mol. The molecule has 1 saturated heterocycles. The van der Waals surface area contributed by atoms with Crippen LogP contribution in [0.5, 0.6) is 0 Å². The minimum absolute atomic E-state index is 0.0149. The molecule has 15 heavy (non-hydrogen) atoms. The lowest BCUT2D eigenvalue weighted by molar-refractivity contribution is -0.0303. The van der Waals surface area contributed by atoms with Crippen LogP contribution in [-0.2, 0) is 0 Å². The van der Waals surface area contributed by atoms with Gasteiger partial charge in [0, 0.05) is 12.5 Å². The van der Waals surface area contributed by atoms with Crippen molar-refractivity contribution < 1.29 is 8.78 Å². The zero-order chi connectivity index (χ0) is 10.9. The van der Waals surface area contributed by atoms with Gasteiger partial charge in [-0.2, -0.15) is 0 Å². The van der Waals surface area contributed by atoms with Crippen LogP contribution in [0.25, 0.3) is 0 Å². The monoisotopic (exact) mass is 211 g/mol. The highest BCUT2D eigenvalue weighted by Gasteiger charge is 2.35. The van der Waals surface area contributed by atoms with Gasteiger partial charge in [-0.25, -0.2) is 8.78 Å². The molecule has 1 aliphatic rings. The van der Waals surface area contributed by atoms with E-state index in [1.807, 2.05) is 31.2 Å². The van der Waals surface area contributed by atoms with E-state index in [1.165, 1.54) is 5.56 Å². The van der Waals surface area contributed by atoms with Crippen LogP contribution in [0.2, 0.25) is 0 Å². The quantitative estimate of drug-likeness (QED) is 0.752. The second-order valence-electron chi connectivity index (χ2n) is 4.18. The van der Waals surface area contributed by atoms with Crippen molar-refractivity contribution in [3.63, 3.8) is 0 Å². The Labute approximate surface area is 88.5 Å². The fraction of sp³-hybridized carbons (Fsp3) is 0.500. The molecule has 1 aromatic rings. The molecule has 3 heteroatoms. The Morgan fingerprint density at radius 1 is 1.33 bits per heavy atom. The predicted octanol–water partition coefficient (Wildman–Crippen LogP) is 3.05. The van der Waals surface area contributed by atoms with Gasteiger partial charge in [0.1, 0.15) is 0 Å². The Morgan fingerprint density at radius 2 is 2.07 bits per heavy atom. The van der Waals surface area contributed by atoms with E-state index in [9.17, 15) is 8.78 Å². The zero-order valence-corrected chi connectivity index (χ0v) is 8.76. The SMILES string of the molecule is Cc1ccccc1C1CCC(F)(F)CN1. The van der Waals surface area contributed by atoms with E-state index < -0.39 is 5.92 Å². The maximum absolute atomic E-state index is 12.9. The summed E-state index contributed by atoms with van der Waals surface area (Å²) >= 11 is 0. The lowest BCUT2D eigenvalue weighted by atomic mass is 9.93. The molecule has 1 unspecified atom stereocenters. The number of piperidine rings is 1. The summed E-state index contributed by atoms with van der Waals surface area (Å²) in [6.07, 6.45) is 0.497. The third-order valence-corrected chi connectivity index (χ3v) is 2.97. The summed E-state index contributed by atoms with van der Waals surface area (Å²) in [5.41, 5.74) is 2.31. The smallest absolute Gasteiger partial charge is 0.260 e. The van der Waals surface area contributed by atoms with Crippen molar-refractivity contribution in [2.75, 3.05) is 6.54 Å². The van der Waals surface area contributed by atoms with Crippen molar-refractivity contribution in [1.29, 1.82) is 0 Å². The molecule has 1 aliphatic heterocycles. The molecule has 1 aromatic carbocycles. The van der Waals surface area contributed by atoms with Crippen LogP contribution in [0.15, 0.2) is 24.3 Å². The first-order valence-corrected chi connectivity index (χ1v) is 5.25. The second kappa shape index (κ2) is 3.89. The predicted molar refractivity (Wildman–Crippen MR) is 56.1 cm³/mol. The first kappa shape index (κ1) is 10.6. The molecule has 2 rings (SSSR count). The Balaban J connectivity index is 2.11. The van der Waals surface area contributed by atoms with Gasteiger partial charge in [0.15, 0.2) is 0 Å². The number of benzene rings is 1. The van der Waals surface area contributed by atoms with Crippen molar-refractivity contribution in [3.05, 3.63) is 35.4 Å². The molecule has 1 atom stereocenters. The molecule has 1 fully saturated rings. The van der Waals surface area contributed by atoms with Crippen molar-refractivity contribution in [1.82, 2.24) is 5.32 Å². The van der Waals surface area contributed by atoms with Gasteiger partial charge in [-0.05, 0) is 24.5 Å². The lowest BCUT2D eigenvalue weighted by Crippen LogP contribution is -2.41. The lowest BCUT2D eigenvalue weighted by Gasteiger charge is -2.30. The maximum atomic E-state index is 12.9. The van der Waals surface area contributed by atoms with Gasteiger partial charge in [-0.1, -0.05) is 24.3 Å². The van der Waals surface area contributed by atoms with E-state index in [0.29, 0.717) is 6.42 Å². The summed E-state index contributed by atoms with van der Waals surface area (Å²) in [6.45, 7) is 1.82. The standard InChI is InChI=1S/C12H15F2N/c1-9-4-2-3-5-10(9)11-6-7-12(13,14)8-15-11/h2-5,11,15H,6-8H2,1H3. The van der Waals surface area contributed by atoms with E-state index >= 15 is 0 Å². The van der Waals surface area contributed by atoms with E-state index in [2.05, 4.69) is 5.32 Å². The zero-order valence-electron chi connectivity index (χ0n) is 8.76. The number of nitrogens with one attached hydrogen (secondary N) is 1. The minimum Gasteiger partial charge on any atom is -0.304 e. The minimum atomic E-state index is -2.53. The Hall–Kier alpha value is -0.960. The van der Waals surface area contributed by atoms with Crippen LogP contribution >= 0.6 is 0 Å². The van der Waals surface area contributed by atoms with E-state index in [1.54, 1.807) is 0 Å². The highest BCUT2D eigenvalue weighted by atomic mass is 19.3. The molecule has 1 heterocycles. The Kier molecular flexibility index (Phi) is 2.74. The molecule has 1 nitrogen and oxygen atoms in total. The molecule has 0 radical (unpaired) electrons. The van der Waals surface area contributed by atoms with E-state index in [4.69, 9.17) is 0 Å². The van der Waals surface area contributed by atoms with Crippen LogP contribution in [0.4, 0.5) is 8.78 Å². The molecule has 0 aromatic heterocycles. The van der Waals surface area contributed by atoms with Crippen LogP contribution in [-0.4, -0.2) is 12.5 Å². The molecule has 0 aliphatic carbocycles. The average Bonchev–Trinajstić information content (AvgIpc) is 2.19. The normalized spacial score (nSPS) is 25.1. The Morgan fingerprint density at radius 3 is 2.67 bits per heavy atom. The van der Waals surface area contributed by atoms with Gasteiger partial charge in [0.2, 0.25) is 0 Å².